The molecule has 1 saturated carbocycles. The first-order chi connectivity index (χ1) is 10.0. The van der Waals surface area contributed by atoms with Crippen molar-refractivity contribution in [3.63, 3.8) is 0 Å². The minimum absolute atomic E-state index is 0.0617. The average Bonchev–Trinajstić information content (AvgIpc) is 3.04. The summed E-state index contributed by atoms with van der Waals surface area (Å²) in [6.07, 6.45) is 6.06. The van der Waals surface area contributed by atoms with Crippen LogP contribution >= 0.6 is 0 Å². The standard InChI is InChI=1S/C16H28N4O/c1-5-10-20-13(3)16(12(2)18-20)17-15(21)11-19(4)14-8-6-7-9-14/h14H,5-11H2,1-4H3,(H,17,21). The van der Waals surface area contributed by atoms with Crippen LogP contribution in [-0.4, -0.2) is 40.2 Å². The van der Waals surface area contributed by atoms with Gasteiger partial charge in [0.05, 0.1) is 23.6 Å². The number of aryl methyl sites for hydroxylation is 2. The van der Waals surface area contributed by atoms with Crippen molar-refractivity contribution in [3.8, 4) is 0 Å². The Hall–Kier alpha value is -1.36. The summed E-state index contributed by atoms with van der Waals surface area (Å²) in [5.74, 6) is 0.0617. The highest BCUT2D eigenvalue weighted by molar-refractivity contribution is 5.93. The summed E-state index contributed by atoms with van der Waals surface area (Å²) < 4.78 is 1.98. The van der Waals surface area contributed by atoms with Gasteiger partial charge in [0.15, 0.2) is 0 Å². The molecule has 118 valence electrons. The minimum Gasteiger partial charge on any atom is -0.322 e. The van der Waals surface area contributed by atoms with Gasteiger partial charge in [-0.15, -0.1) is 0 Å². The van der Waals surface area contributed by atoms with Crippen molar-refractivity contribution in [3.05, 3.63) is 11.4 Å². The molecule has 0 saturated heterocycles. The summed E-state index contributed by atoms with van der Waals surface area (Å²) in [5, 5.41) is 7.55. The molecule has 1 aromatic heterocycles. The Balaban J connectivity index is 1.96. The molecule has 5 heteroatoms. The van der Waals surface area contributed by atoms with Gasteiger partial charge in [0.2, 0.25) is 5.91 Å². The molecule has 0 radical (unpaired) electrons. The van der Waals surface area contributed by atoms with Crippen LogP contribution in [0.1, 0.15) is 50.4 Å². The van der Waals surface area contributed by atoms with Crippen LogP contribution in [0.25, 0.3) is 0 Å². The zero-order valence-electron chi connectivity index (χ0n) is 13.8. The molecule has 0 atom stereocenters. The number of amides is 1. The Bertz CT molecular complexity index is 489. The lowest BCUT2D eigenvalue weighted by Gasteiger charge is -2.23. The number of hydrogen-bond donors (Lipinski definition) is 1. The maximum absolute atomic E-state index is 12.3. The van der Waals surface area contributed by atoms with Crippen LogP contribution < -0.4 is 5.32 Å². The molecular weight excluding hydrogens is 264 g/mol. The third-order valence-electron chi connectivity index (χ3n) is 4.42. The third kappa shape index (κ3) is 3.84. The number of aromatic nitrogens is 2. The van der Waals surface area contributed by atoms with Gasteiger partial charge in [-0.2, -0.15) is 5.10 Å². The van der Waals surface area contributed by atoms with E-state index < -0.39 is 0 Å². The molecule has 0 bridgehead atoms. The number of carbonyl (C=O) groups excluding carboxylic acids is 1. The van der Waals surface area contributed by atoms with E-state index in [1.165, 1.54) is 25.7 Å². The highest BCUT2D eigenvalue weighted by Crippen LogP contribution is 2.23. The van der Waals surface area contributed by atoms with E-state index in [4.69, 9.17) is 0 Å². The van der Waals surface area contributed by atoms with Gasteiger partial charge in [-0.3, -0.25) is 14.4 Å². The van der Waals surface area contributed by atoms with Crippen molar-refractivity contribution >= 4 is 11.6 Å². The molecule has 0 aromatic carbocycles. The lowest BCUT2D eigenvalue weighted by molar-refractivity contribution is -0.117. The van der Waals surface area contributed by atoms with Crippen molar-refractivity contribution in [2.45, 2.75) is 65.5 Å². The lowest BCUT2D eigenvalue weighted by Crippen LogP contribution is -2.36. The molecule has 2 rings (SSSR count). The van der Waals surface area contributed by atoms with E-state index in [0.717, 1.165) is 30.0 Å². The molecule has 1 N–H and O–H groups in total. The first-order valence-corrected chi connectivity index (χ1v) is 8.07. The van der Waals surface area contributed by atoms with Crippen molar-refractivity contribution in [2.24, 2.45) is 0 Å². The van der Waals surface area contributed by atoms with Crippen molar-refractivity contribution in [1.29, 1.82) is 0 Å². The zero-order valence-corrected chi connectivity index (χ0v) is 13.8. The molecule has 1 heterocycles. The fourth-order valence-corrected chi connectivity index (χ4v) is 3.19. The first-order valence-electron chi connectivity index (χ1n) is 8.07. The third-order valence-corrected chi connectivity index (χ3v) is 4.42. The normalized spacial score (nSPS) is 15.9. The van der Waals surface area contributed by atoms with Crippen LogP contribution in [-0.2, 0) is 11.3 Å². The smallest absolute Gasteiger partial charge is 0.238 e. The Kier molecular flexibility index (Phi) is 5.39. The van der Waals surface area contributed by atoms with Crippen LogP contribution in [0, 0.1) is 13.8 Å². The number of nitrogens with zero attached hydrogens (tertiary/aromatic N) is 3. The summed E-state index contributed by atoms with van der Waals surface area (Å²) in [7, 11) is 2.05. The summed E-state index contributed by atoms with van der Waals surface area (Å²) in [6, 6.07) is 0.570. The van der Waals surface area contributed by atoms with Gasteiger partial charge in [0.1, 0.15) is 0 Å². The van der Waals surface area contributed by atoms with E-state index in [-0.39, 0.29) is 5.91 Å². The number of hydrogen-bond acceptors (Lipinski definition) is 3. The maximum Gasteiger partial charge on any atom is 0.238 e. The van der Waals surface area contributed by atoms with Gasteiger partial charge in [-0.25, -0.2) is 0 Å². The molecule has 0 spiro atoms. The largest absolute Gasteiger partial charge is 0.322 e. The van der Waals surface area contributed by atoms with Crippen LogP contribution in [0.5, 0.6) is 0 Å². The second kappa shape index (κ2) is 7.07. The van der Waals surface area contributed by atoms with E-state index in [1.54, 1.807) is 0 Å². The Morgan fingerprint density at radius 1 is 1.38 bits per heavy atom. The van der Waals surface area contributed by atoms with E-state index in [1.807, 2.05) is 18.5 Å². The van der Waals surface area contributed by atoms with Gasteiger partial charge in [-0.05, 0) is 40.2 Å². The Labute approximate surface area is 127 Å². The molecular formula is C16H28N4O. The Morgan fingerprint density at radius 3 is 2.67 bits per heavy atom. The van der Waals surface area contributed by atoms with Gasteiger partial charge in [-0.1, -0.05) is 19.8 Å². The van der Waals surface area contributed by atoms with Crippen LogP contribution in [0.15, 0.2) is 0 Å². The Morgan fingerprint density at radius 2 is 2.05 bits per heavy atom. The van der Waals surface area contributed by atoms with E-state index in [9.17, 15) is 4.79 Å². The lowest BCUT2D eigenvalue weighted by atomic mass is 10.2. The van der Waals surface area contributed by atoms with Gasteiger partial charge >= 0.3 is 0 Å². The van der Waals surface area contributed by atoms with Gasteiger partial charge < -0.3 is 5.32 Å². The number of likely N-dealkylation sites (N-methyl/N-ethyl adjacent to an activating group) is 1. The monoisotopic (exact) mass is 292 g/mol. The fourth-order valence-electron chi connectivity index (χ4n) is 3.19. The zero-order chi connectivity index (χ0) is 15.4. The molecule has 0 aliphatic heterocycles. The van der Waals surface area contributed by atoms with Crippen LogP contribution in [0.3, 0.4) is 0 Å². The predicted octanol–water partition coefficient (Wildman–Crippen LogP) is 2.72. The summed E-state index contributed by atoms with van der Waals surface area (Å²) >= 11 is 0. The van der Waals surface area contributed by atoms with Crippen molar-refractivity contribution < 1.29 is 4.79 Å². The molecule has 5 nitrogen and oxygen atoms in total. The van der Waals surface area contributed by atoms with E-state index in [2.05, 4.69) is 29.3 Å². The van der Waals surface area contributed by atoms with Crippen LogP contribution in [0.4, 0.5) is 5.69 Å². The van der Waals surface area contributed by atoms with Gasteiger partial charge in [0.25, 0.3) is 0 Å². The molecule has 21 heavy (non-hydrogen) atoms. The fraction of sp³-hybridized carbons (Fsp3) is 0.750. The maximum atomic E-state index is 12.3. The minimum atomic E-state index is 0.0617. The number of anilines is 1. The summed E-state index contributed by atoms with van der Waals surface area (Å²) in [6.45, 7) is 7.46. The number of carbonyl (C=O) groups is 1. The summed E-state index contributed by atoms with van der Waals surface area (Å²) in [5.41, 5.74) is 2.83. The average molecular weight is 292 g/mol. The second-order valence-corrected chi connectivity index (χ2v) is 6.17. The second-order valence-electron chi connectivity index (χ2n) is 6.17. The number of nitrogens with one attached hydrogen (secondary N) is 1. The quantitative estimate of drug-likeness (QED) is 0.877. The molecule has 1 aliphatic rings. The van der Waals surface area contributed by atoms with Crippen molar-refractivity contribution in [2.75, 3.05) is 18.9 Å². The molecule has 1 aromatic rings. The highest BCUT2D eigenvalue weighted by atomic mass is 16.2. The van der Waals surface area contributed by atoms with Crippen LogP contribution in [0.2, 0.25) is 0 Å². The van der Waals surface area contributed by atoms with E-state index in [0.29, 0.717) is 12.6 Å². The predicted molar refractivity (Wildman–Crippen MR) is 85.5 cm³/mol. The first kappa shape index (κ1) is 16.0. The molecule has 1 amide bonds. The molecule has 1 aliphatic carbocycles. The van der Waals surface area contributed by atoms with Crippen molar-refractivity contribution in [1.82, 2.24) is 14.7 Å². The molecule has 0 unspecified atom stereocenters. The summed E-state index contributed by atoms with van der Waals surface area (Å²) in [4.78, 5) is 14.4. The number of rotatable bonds is 6. The molecule has 1 fully saturated rings. The topological polar surface area (TPSA) is 50.2 Å². The van der Waals surface area contributed by atoms with E-state index >= 15 is 0 Å². The highest BCUT2D eigenvalue weighted by Gasteiger charge is 2.22. The SMILES string of the molecule is CCCn1nc(C)c(NC(=O)CN(C)C2CCCC2)c1C. The van der Waals surface area contributed by atoms with Gasteiger partial charge in [0, 0.05) is 12.6 Å².